The molecule has 2 aromatic carbocycles. The summed E-state index contributed by atoms with van der Waals surface area (Å²) < 4.78 is 40.9. The van der Waals surface area contributed by atoms with Crippen molar-refractivity contribution in [3.8, 4) is 17.6 Å². The molecule has 1 aliphatic rings. The van der Waals surface area contributed by atoms with Crippen molar-refractivity contribution < 1.29 is 26.9 Å². The van der Waals surface area contributed by atoms with E-state index in [0.717, 1.165) is 5.56 Å². The summed E-state index contributed by atoms with van der Waals surface area (Å²) in [5, 5.41) is 9.44. The molecule has 0 saturated carbocycles. The van der Waals surface area contributed by atoms with E-state index in [1.807, 2.05) is 13.0 Å². The summed E-state index contributed by atoms with van der Waals surface area (Å²) in [5.41, 5.74) is 1.38. The van der Waals surface area contributed by atoms with Gasteiger partial charge in [0.1, 0.15) is 16.5 Å². The highest BCUT2D eigenvalue weighted by molar-refractivity contribution is 7.87. The molecule has 1 saturated heterocycles. The quantitative estimate of drug-likeness (QED) is 0.384. The summed E-state index contributed by atoms with van der Waals surface area (Å²) in [6.45, 7) is 3.56. The van der Waals surface area contributed by atoms with E-state index in [2.05, 4.69) is 0 Å². The molecule has 0 aromatic heterocycles. The standard InChI is InChI=1S/C22H22N2O6S/c1-16-3-6-19(7-4-16)31(26,27)30-20-8-5-17(14-21(20)28-2)13-18(15-23)22(25)24-9-11-29-12-10-24/h3-8,13-14H,9-12H2,1-2H3/b18-13+. The molecule has 9 heteroatoms. The summed E-state index contributed by atoms with van der Waals surface area (Å²) >= 11 is 0. The fourth-order valence-electron chi connectivity index (χ4n) is 2.96. The molecule has 1 amide bonds. The van der Waals surface area contributed by atoms with Crippen LogP contribution in [0.25, 0.3) is 6.08 Å². The number of hydrogen-bond donors (Lipinski definition) is 0. The molecule has 1 aliphatic heterocycles. The number of amides is 1. The van der Waals surface area contributed by atoms with Crippen molar-refractivity contribution in [2.75, 3.05) is 33.4 Å². The van der Waals surface area contributed by atoms with Crippen LogP contribution in [0.15, 0.2) is 52.9 Å². The maximum absolute atomic E-state index is 12.6. The largest absolute Gasteiger partial charge is 0.493 e. The number of aryl methyl sites for hydroxylation is 1. The van der Waals surface area contributed by atoms with Gasteiger partial charge in [-0.3, -0.25) is 4.79 Å². The van der Waals surface area contributed by atoms with E-state index < -0.39 is 10.1 Å². The van der Waals surface area contributed by atoms with Crippen LogP contribution < -0.4 is 8.92 Å². The van der Waals surface area contributed by atoms with Gasteiger partial charge < -0.3 is 18.6 Å². The molecule has 0 N–H and O–H groups in total. The lowest BCUT2D eigenvalue weighted by atomic mass is 10.1. The molecule has 0 bridgehead atoms. The summed E-state index contributed by atoms with van der Waals surface area (Å²) in [7, 11) is -2.68. The Morgan fingerprint density at radius 2 is 1.81 bits per heavy atom. The third-order valence-corrected chi connectivity index (χ3v) is 5.91. The second-order valence-corrected chi connectivity index (χ2v) is 8.38. The molecular formula is C22H22N2O6S. The fourth-order valence-corrected chi connectivity index (χ4v) is 3.90. The predicted molar refractivity (Wildman–Crippen MR) is 113 cm³/mol. The number of nitrogens with zero attached hydrogens (tertiary/aromatic N) is 2. The topological polar surface area (TPSA) is 106 Å². The van der Waals surface area contributed by atoms with Crippen LogP contribution in [0.4, 0.5) is 0 Å². The first-order valence-corrected chi connectivity index (χ1v) is 10.9. The molecule has 0 unspecified atom stereocenters. The number of methoxy groups -OCH3 is 1. The molecule has 0 atom stereocenters. The van der Waals surface area contributed by atoms with Gasteiger partial charge in [-0.05, 0) is 42.8 Å². The number of carbonyl (C=O) groups excluding carboxylic acids is 1. The van der Waals surface area contributed by atoms with Crippen LogP contribution in [0.1, 0.15) is 11.1 Å². The summed E-state index contributed by atoms with van der Waals surface area (Å²) in [6, 6.07) is 12.7. The van der Waals surface area contributed by atoms with Crippen LogP contribution >= 0.6 is 0 Å². The molecular weight excluding hydrogens is 420 g/mol. The van der Waals surface area contributed by atoms with Crippen LogP contribution in [0, 0.1) is 18.3 Å². The third-order valence-electron chi connectivity index (χ3n) is 4.66. The number of rotatable bonds is 6. The molecule has 0 aliphatic carbocycles. The molecule has 8 nitrogen and oxygen atoms in total. The van der Waals surface area contributed by atoms with Crippen LogP contribution in [-0.2, 0) is 19.6 Å². The van der Waals surface area contributed by atoms with E-state index in [0.29, 0.717) is 31.9 Å². The first-order valence-electron chi connectivity index (χ1n) is 9.52. The Kier molecular flexibility index (Phi) is 6.95. The smallest absolute Gasteiger partial charge is 0.339 e. The zero-order chi connectivity index (χ0) is 22.4. The maximum Gasteiger partial charge on any atom is 0.339 e. The highest BCUT2D eigenvalue weighted by atomic mass is 32.2. The maximum atomic E-state index is 12.6. The summed E-state index contributed by atoms with van der Waals surface area (Å²) in [5.74, 6) is -0.231. The Labute approximate surface area is 181 Å². The molecule has 31 heavy (non-hydrogen) atoms. The number of carbonyl (C=O) groups is 1. The molecule has 1 heterocycles. The van der Waals surface area contributed by atoms with Gasteiger partial charge in [-0.2, -0.15) is 13.7 Å². The average Bonchev–Trinajstić information content (AvgIpc) is 2.78. The number of nitriles is 1. The number of benzene rings is 2. The number of ether oxygens (including phenoxy) is 2. The zero-order valence-corrected chi connectivity index (χ0v) is 18.0. The second-order valence-electron chi connectivity index (χ2n) is 6.84. The van der Waals surface area contributed by atoms with E-state index in [-0.39, 0.29) is 27.9 Å². The van der Waals surface area contributed by atoms with Crippen molar-refractivity contribution >= 4 is 22.1 Å². The van der Waals surface area contributed by atoms with Gasteiger partial charge in [-0.25, -0.2) is 0 Å². The SMILES string of the molecule is COc1cc(/C=C(\C#N)C(=O)N2CCOCC2)ccc1OS(=O)(=O)c1ccc(C)cc1. The van der Waals surface area contributed by atoms with Crippen LogP contribution in [-0.4, -0.2) is 52.6 Å². The van der Waals surface area contributed by atoms with Crippen LogP contribution in [0.2, 0.25) is 0 Å². The predicted octanol–water partition coefficient (Wildman–Crippen LogP) is 2.54. The third kappa shape index (κ3) is 5.42. The molecule has 2 aromatic rings. The van der Waals surface area contributed by atoms with Gasteiger partial charge in [0.25, 0.3) is 5.91 Å². The van der Waals surface area contributed by atoms with Gasteiger partial charge >= 0.3 is 10.1 Å². The first kappa shape index (κ1) is 22.3. The second kappa shape index (κ2) is 9.64. The lowest BCUT2D eigenvalue weighted by molar-refractivity contribution is -0.130. The van der Waals surface area contributed by atoms with Gasteiger partial charge in [0.2, 0.25) is 0 Å². The lowest BCUT2D eigenvalue weighted by Crippen LogP contribution is -2.41. The van der Waals surface area contributed by atoms with Crippen LogP contribution in [0.3, 0.4) is 0 Å². The highest BCUT2D eigenvalue weighted by Gasteiger charge is 2.22. The van der Waals surface area contributed by atoms with Gasteiger partial charge in [0.15, 0.2) is 11.5 Å². The van der Waals surface area contributed by atoms with Gasteiger partial charge in [-0.1, -0.05) is 23.8 Å². The Hall–Kier alpha value is -3.35. The lowest BCUT2D eigenvalue weighted by Gasteiger charge is -2.26. The average molecular weight is 442 g/mol. The zero-order valence-electron chi connectivity index (χ0n) is 17.2. The number of morpholine rings is 1. The Balaban J connectivity index is 1.85. The minimum Gasteiger partial charge on any atom is -0.493 e. The van der Waals surface area contributed by atoms with Crippen molar-refractivity contribution in [1.82, 2.24) is 4.90 Å². The summed E-state index contributed by atoms with van der Waals surface area (Å²) in [4.78, 5) is 14.1. The molecule has 0 spiro atoms. The molecule has 1 fully saturated rings. The normalized spacial score (nSPS) is 14.6. The first-order chi connectivity index (χ1) is 14.8. The number of hydrogen-bond acceptors (Lipinski definition) is 7. The molecule has 3 rings (SSSR count). The van der Waals surface area contributed by atoms with Crippen molar-refractivity contribution in [3.63, 3.8) is 0 Å². The Bertz CT molecular complexity index is 1130. The van der Waals surface area contributed by atoms with E-state index in [1.54, 1.807) is 23.1 Å². The minimum absolute atomic E-state index is 0.00163. The van der Waals surface area contributed by atoms with E-state index >= 15 is 0 Å². The Morgan fingerprint density at radius 3 is 2.42 bits per heavy atom. The van der Waals surface area contributed by atoms with Gasteiger partial charge in [0.05, 0.1) is 20.3 Å². The fraction of sp³-hybridized carbons (Fsp3) is 0.273. The van der Waals surface area contributed by atoms with E-state index in [9.17, 15) is 18.5 Å². The monoisotopic (exact) mass is 442 g/mol. The van der Waals surface area contributed by atoms with Crippen molar-refractivity contribution in [3.05, 3.63) is 59.2 Å². The van der Waals surface area contributed by atoms with Crippen molar-refractivity contribution in [2.45, 2.75) is 11.8 Å². The van der Waals surface area contributed by atoms with Gasteiger partial charge in [0, 0.05) is 13.1 Å². The summed E-state index contributed by atoms with van der Waals surface area (Å²) in [6.07, 6.45) is 1.43. The van der Waals surface area contributed by atoms with E-state index in [1.165, 1.54) is 37.5 Å². The van der Waals surface area contributed by atoms with Gasteiger partial charge in [-0.15, -0.1) is 0 Å². The van der Waals surface area contributed by atoms with E-state index in [4.69, 9.17) is 13.7 Å². The highest BCUT2D eigenvalue weighted by Crippen LogP contribution is 2.31. The Morgan fingerprint density at radius 1 is 1.13 bits per heavy atom. The minimum atomic E-state index is -4.05. The molecule has 162 valence electrons. The molecule has 0 radical (unpaired) electrons. The van der Waals surface area contributed by atoms with Crippen molar-refractivity contribution in [1.29, 1.82) is 5.26 Å². The van der Waals surface area contributed by atoms with Crippen LogP contribution in [0.5, 0.6) is 11.5 Å². The van der Waals surface area contributed by atoms with Crippen molar-refractivity contribution in [2.24, 2.45) is 0 Å².